The molecule has 5 nitrogen and oxygen atoms in total. The fourth-order valence-corrected chi connectivity index (χ4v) is 2.53. The number of carbonyl (C=O) groups is 2. The molecule has 0 atom stereocenters. The first-order valence-electron chi connectivity index (χ1n) is 6.41. The number of ether oxygens (including phenoxy) is 1. The van der Waals surface area contributed by atoms with Crippen molar-refractivity contribution in [2.45, 2.75) is 13.0 Å². The molecule has 2 rings (SSSR count). The molecule has 0 radical (unpaired) electrons. The highest BCUT2D eigenvalue weighted by molar-refractivity contribution is 14.1. The molecule has 2 aromatic carbocycles. The van der Waals surface area contributed by atoms with E-state index in [0.717, 1.165) is 3.57 Å². The number of benzene rings is 2. The average molecular weight is 412 g/mol. The van der Waals surface area contributed by atoms with E-state index in [1.165, 1.54) is 0 Å². The number of aromatic carboxylic acids is 1. The minimum Gasteiger partial charge on any atom is -0.489 e. The molecule has 2 aromatic rings. The number of carboxylic acids is 2. The van der Waals surface area contributed by atoms with Gasteiger partial charge in [0.25, 0.3) is 0 Å². The predicted molar refractivity (Wildman–Crippen MR) is 88.2 cm³/mol. The Morgan fingerprint density at radius 2 is 1.86 bits per heavy atom. The van der Waals surface area contributed by atoms with Crippen LogP contribution in [0.2, 0.25) is 0 Å². The Hall–Kier alpha value is -2.09. The summed E-state index contributed by atoms with van der Waals surface area (Å²) in [5, 5.41) is 18.0. The van der Waals surface area contributed by atoms with Gasteiger partial charge in [-0.25, -0.2) is 4.79 Å². The van der Waals surface area contributed by atoms with Crippen LogP contribution in [0.4, 0.5) is 0 Å². The first-order valence-corrected chi connectivity index (χ1v) is 7.49. The molecule has 0 saturated carbocycles. The fraction of sp³-hybridized carbons (Fsp3) is 0.125. The van der Waals surface area contributed by atoms with Crippen LogP contribution < -0.4 is 4.74 Å². The largest absolute Gasteiger partial charge is 0.489 e. The van der Waals surface area contributed by atoms with Crippen LogP contribution in [0.5, 0.6) is 5.75 Å². The molecule has 22 heavy (non-hydrogen) atoms. The minimum atomic E-state index is -1.00. The Morgan fingerprint density at radius 3 is 2.55 bits per heavy atom. The van der Waals surface area contributed by atoms with E-state index in [0.29, 0.717) is 16.9 Å². The van der Waals surface area contributed by atoms with Crippen molar-refractivity contribution in [1.29, 1.82) is 0 Å². The molecular weight excluding hydrogens is 399 g/mol. The molecule has 0 heterocycles. The van der Waals surface area contributed by atoms with E-state index >= 15 is 0 Å². The maximum absolute atomic E-state index is 11.2. The van der Waals surface area contributed by atoms with Crippen molar-refractivity contribution in [3.63, 3.8) is 0 Å². The number of rotatable bonds is 6. The molecule has 0 spiro atoms. The standard InChI is InChI=1S/C16H13IO5/c17-12-4-5-14(16(20)21)11(8-12)9-22-13-3-1-2-10(6-13)7-15(18)19/h1-6,8H,7,9H2,(H,18,19)(H,20,21). The Morgan fingerprint density at radius 1 is 1.09 bits per heavy atom. The number of halogens is 1. The lowest BCUT2D eigenvalue weighted by atomic mass is 10.1. The van der Waals surface area contributed by atoms with Gasteiger partial charge in [-0.1, -0.05) is 12.1 Å². The Kier molecular flexibility index (Phi) is 5.37. The van der Waals surface area contributed by atoms with Gasteiger partial charge in [0.2, 0.25) is 0 Å². The van der Waals surface area contributed by atoms with Crippen molar-refractivity contribution in [3.8, 4) is 5.75 Å². The molecule has 0 aliphatic heterocycles. The normalized spacial score (nSPS) is 10.2. The second kappa shape index (κ2) is 7.26. The van der Waals surface area contributed by atoms with Crippen molar-refractivity contribution in [2.24, 2.45) is 0 Å². The zero-order valence-corrected chi connectivity index (χ0v) is 13.6. The smallest absolute Gasteiger partial charge is 0.336 e. The highest BCUT2D eigenvalue weighted by Gasteiger charge is 2.11. The van der Waals surface area contributed by atoms with Crippen molar-refractivity contribution in [3.05, 3.63) is 62.7 Å². The Balaban J connectivity index is 2.15. The summed E-state index contributed by atoms with van der Waals surface area (Å²) in [6, 6.07) is 11.8. The topological polar surface area (TPSA) is 83.8 Å². The summed E-state index contributed by atoms with van der Waals surface area (Å²) in [5.74, 6) is -1.41. The maximum atomic E-state index is 11.2. The van der Waals surface area contributed by atoms with Crippen LogP contribution in [-0.2, 0) is 17.8 Å². The Labute approximate surface area is 140 Å². The van der Waals surface area contributed by atoms with Gasteiger partial charge in [0, 0.05) is 9.13 Å². The first kappa shape index (κ1) is 16.3. The van der Waals surface area contributed by atoms with Crippen molar-refractivity contribution >= 4 is 34.5 Å². The lowest BCUT2D eigenvalue weighted by molar-refractivity contribution is -0.136. The number of hydrogen-bond acceptors (Lipinski definition) is 3. The summed E-state index contributed by atoms with van der Waals surface area (Å²) < 4.78 is 6.52. The lowest BCUT2D eigenvalue weighted by Gasteiger charge is -2.10. The second-order valence-corrected chi connectivity index (χ2v) is 5.86. The monoisotopic (exact) mass is 412 g/mol. The SMILES string of the molecule is O=C(O)Cc1cccc(OCc2cc(I)ccc2C(=O)O)c1. The van der Waals surface area contributed by atoms with Gasteiger partial charge in [0.05, 0.1) is 12.0 Å². The second-order valence-electron chi connectivity index (χ2n) is 4.61. The van der Waals surface area contributed by atoms with Crippen LogP contribution in [0, 0.1) is 3.57 Å². The van der Waals surface area contributed by atoms with Gasteiger partial charge in [-0.05, 0) is 58.5 Å². The molecule has 114 valence electrons. The lowest BCUT2D eigenvalue weighted by Crippen LogP contribution is -2.06. The average Bonchev–Trinajstić information content (AvgIpc) is 2.44. The highest BCUT2D eigenvalue weighted by Crippen LogP contribution is 2.19. The molecule has 0 aromatic heterocycles. The molecule has 6 heteroatoms. The van der Waals surface area contributed by atoms with Crippen molar-refractivity contribution in [2.75, 3.05) is 0 Å². The summed E-state index contributed by atoms with van der Waals surface area (Å²) >= 11 is 2.10. The number of hydrogen-bond donors (Lipinski definition) is 2. The van der Waals surface area contributed by atoms with Crippen LogP contribution in [0.15, 0.2) is 42.5 Å². The number of carboxylic acid groups (broad SMARTS) is 2. The van der Waals surface area contributed by atoms with Gasteiger partial charge in [-0.3, -0.25) is 4.79 Å². The van der Waals surface area contributed by atoms with E-state index < -0.39 is 11.9 Å². The van der Waals surface area contributed by atoms with Gasteiger partial charge in [-0.2, -0.15) is 0 Å². The molecule has 0 unspecified atom stereocenters. The zero-order chi connectivity index (χ0) is 16.1. The third kappa shape index (κ3) is 4.45. The molecular formula is C16H13IO5. The van der Waals surface area contributed by atoms with E-state index in [9.17, 15) is 14.7 Å². The quantitative estimate of drug-likeness (QED) is 0.713. The van der Waals surface area contributed by atoms with Crippen LogP contribution in [0.3, 0.4) is 0 Å². The first-order chi connectivity index (χ1) is 10.5. The molecule has 2 N–H and O–H groups in total. The van der Waals surface area contributed by atoms with Gasteiger partial charge < -0.3 is 14.9 Å². The summed E-state index contributed by atoms with van der Waals surface area (Å²) in [6.45, 7) is 0.106. The molecule has 0 amide bonds. The third-order valence-corrected chi connectivity index (χ3v) is 3.62. The fourth-order valence-electron chi connectivity index (χ4n) is 1.97. The minimum absolute atomic E-state index is 0.0825. The van der Waals surface area contributed by atoms with E-state index in [1.54, 1.807) is 42.5 Å². The summed E-state index contributed by atoms with van der Waals surface area (Å²) in [6.07, 6.45) is -0.0825. The molecule has 0 fully saturated rings. The predicted octanol–water partition coefficient (Wildman–Crippen LogP) is 3.20. The van der Waals surface area contributed by atoms with Gasteiger partial charge in [-0.15, -0.1) is 0 Å². The summed E-state index contributed by atoms with van der Waals surface area (Å²) in [4.78, 5) is 21.9. The van der Waals surface area contributed by atoms with E-state index in [1.807, 2.05) is 0 Å². The third-order valence-electron chi connectivity index (χ3n) is 2.95. The summed E-state index contributed by atoms with van der Waals surface area (Å²) in [5.41, 5.74) is 1.40. The van der Waals surface area contributed by atoms with E-state index in [4.69, 9.17) is 9.84 Å². The summed E-state index contributed by atoms with van der Waals surface area (Å²) in [7, 11) is 0. The zero-order valence-electron chi connectivity index (χ0n) is 11.5. The molecule has 0 bridgehead atoms. The van der Waals surface area contributed by atoms with Crippen LogP contribution in [0.25, 0.3) is 0 Å². The Bertz CT molecular complexity index is 711. The van der Waals surface area contributed by atoms with Crippen LogP contribution >= 0.6 is 22.6 Å². The van der Waals surface area contributed by atoms with E-state index in [-0.39, 0.29) is 18.6 Å². The highest BCUT2D eigenvalue weighted by atomic mass is 127. The van der Waals surface area contributed by atoms with Gasteiger partial charge >= 0.3 is 11.9 Å². The van der Waals surface area contributed by atoms with Crippen molar-refractivity contribution < 1.29 is 24.5 Å². The molecule has 0 aliphatic carbocycles. The maximum Gasteiger partial charge on any atom is 0.336 e. The number of aliphatic carboxylic acids is 1. The van der Waals surface area contributed by atoms with Crippen LogP contribution in [-0.4, -0.2) is 22.2 Å². The van der Waals surface area contributed by atoms with Crippen molar-refractivity contribution in [1.82, 2.24) is 0 Å². The van der Waals surface area contributed by atoms with Gasteiger partial charge in [0.15, 0.2) is 0 Å². The molecule has 0 saturated heterocycles. The van der Waals surface area contributed by atoms with E-state index in [2.05, 4.69) is 22.6 Å². The van der Waals surface area contributed by atoms with Crippen LogP contribution in [0.1, 0.15) is 21.5 Å². The van der Waals surface area contributed by atoms with Gasteiger partial charge in [0.1, 0.15) is 12.4 Å². The molecule has 0 aliphatic rings.